The van der Waals surface area contributed by atoms with E-state index in [1.54, 1.807) is 0 Å². The Kier molecular flexibility index (Phi) is 4.34. The van der Waals surface area contributed by atoms with Crippen LogP contribution in [-0.4, -0.2) is 31.5 Å². The fourth-order valence-electron chi connectivity index (χ4n) is 2.05. The number of aryl methyl sites for hydroxylation is 1. The van der Waals surface area contributed by atoms with Gasteiger partial charge in [-0.3, -0.25) is 0 Å². The monoisotopic (exact) mass is 222 g/mol. The highest BCUT2D eigenvalue weighted by molar-refractivity contribution is 5.30. The fraction of sp³-hybridized carbons (Fsp3) is 0.538. The van der Waals surface area contributed by atoms with Crippen molar-refractivity contribution < 1.29 is 14.6 Å². The van der Waals surface area contributed by atoms with Gasteiger partial charge in [0.15, 0.2) is 0 Å². The van der Waals surface area contributed by atoms with Gasteiger partial charge in [0.25, 0.3) is 0 Å². The van der Waals surface area contributed by atoms with E-state index in [9.17, 15) is 0 Å². The lowest BCUT2D eigenvalue weighted by molar-refractivity contribution is -0.0229. The summed E-state index contributed by atoms with van der Waals surface area (Å²) in [6.45, 7) is 1.75. The van der Waals surface area contributed by atoms with Crippen molar-refractivity contribution in [1.29, 1.82) is 0 Å². The molecule has 2 rings (SSSR count). The van der Waals surface area contributed by atoms with E-state index in [0.717, 1.165) is 19.4 Å². The molecule has 0 saturated heterocycles. The number of benzene rings is 1. The molecule has 3 heteroatoms. The predicted octanol–water partition coefficient (Wildman–Crippen LogP) is 1.70. The molecule has 1 aliphatic heterocycles. The van der Waals surface area contributed by atoms with Crippen molar-refractivity contribution in [3.8, 4) is 0 Å². The van der Waals surface area contributed by atoms with Crippen LogP contribution in [0, 0.1) is 0 Å². The summed E-state index contributed by atoms with van der Waals surface area (Å²) in [4.78, 5) is 0. The van der Waals surface area contributed by atoms with Gasteiger partial charge >= 0.3 is 0 Å². The van der Waals surface area contributed by atoms with Crippen LogP contribution in [0.4, 0.5) is 0 Å². The van der Waals surface area contributed by atoms with Crippen LogP contribution in [0.1, 0.15) is 23.7 Å². The molecule has 0 bridgehead atoms. The molecule has 0 aliphatic carbocycles. The molecule has 0 radical (unpaired) electrons. The third-order valence-electron chi connectivity index (χ3n) is 2.82. The predicted molar refractivity (Wildman–Crippen MR) is 61.4 cm³/mol. The van der Waals surface area contributed by atoms with E-state index in [1.807, 2.05) is 6.07 Å². The normalized spacial score (nSPS) is 20.2. The Morgan fingerprint density at radius 1 is 1.38 bits per heavy atom. The van der Waals surface area contributed by atoms with Gasteiger partial charge in [-0.25, -0.2) is 0 Å². The Labute approximate surface area is 96.0 Å². The SMILES string of the molecule is OCCOCC1OCCCc2ccccc21. The van der Waals surface area contributed by atoms with Crippen molar-refractivity contribution in [3.63, 3.8) is 0 Å². The van der Waals surface area contributed by atoms with Gasteiger partial charge in [0.2, 0.25) is 0 Å². The number of ether oxygens (including phenoxy) is 2. The van der Waals surface area contributed by atoms with E-state index in [4.69, 9.17) is 14.6 Å². The van der Waals surface area contributed by atoms with Gasteiger partial charge in [-0.2, -0.15) is 0 Å². The van der Waals surface area contributed by atoms with Crippen LogP contribution in [0.5, 0.6) is 0 Å². The molecule has 0 saturated carbocycles. The van der Waals surface area contributed by atoms with Crippen molar-refractivity contribution in [1.82, 2.24) is 0 Å². The van der Waals surface area contributed by atoms with Gasteiger partial charge in [0.1, 0.15) is 6.10 Å². The van der Waals surface area contributed by atoms with Crippen LogP contribution in [-0.2, 0) is 15.9 Å². The van der Waals surface area contributed by atoms with Crippen molar-refractivity contribution in [2.75, 3.05) is 26.4 Å². The minimum atomic E-state index is 0.0187. The zero-order chi connectivity index (χ0) is 11.2. The van der Waals surface area contributed by atoms with Gasteiger partial charge in [-0.15, -0.1) is 0 Å². The maximum Gasteiger partial charge on any atom is 0.106 e. The molecule has 0 spiro atoms. The number of hydrogen-bond donors (Lipinski definition) is 1. The molecule has 1 N–H and O–H groups in total. The minimum absolute atomic E-state index is 0.0187. The second-order valence-corrected chi connectivity index (χ2v) is 3.96. The fourth-order valence-corrected chi connectivity index (χ4v) is 2.05. The summed E-state index contributed by atoms with van der Waals surface area (Å²) in [5, 5.41) is 8.68. The Hall–Kier alpha value is -0.900. The third-order valence-corrected chi connectivity index (χ3v) is 2.82. The maximum atomic E-state index is 8.68. The zero-order valence-electron chi connectivity index (χ0n) is 9.39. The smallest absolute Gasteiger partial charge is 0.106 e. The van der Waals surface area contributed by atoms with Crippen molar-refractivity contribution >= 4 is 0 Å². The minimum Gasteiger partial charge on any atom is -0.394 e. The van der Waals surface area contributed by atoms with Gasteiger partial charge in [0.05, 0.1) is 19.8 Å². The van der Waals surface area contributed by atoms with Crippen LogP contribution >= 0.6 is 0 Å². The van der Waals surface area contributed by atoms with Crippen LogP contribution in [0.2, 0.25) is 0 Å². The Balaban J connectivity index is 2.06. The lowest BCUT2D eigenvalue weighted by atomic mass is 10.0. The highest BCUT2D eigenvalue weighted by Gasteiger charge is 2.18. The second-order valence-electron chi connectivity index (χ2n) is 3.96. The van der Waals surface area contributed by atoms with Crippen LogP contribution in [0.25, 0.3) is 0 Å². The summed E-state index contributed by atoms with van der Waals surface area (Å²) in [5.74, 6) is 0. The van der Waals surface area contributed by atoms with E-state index in [2.05, 4.69) is 18.2 Å². The average Bonchev–Trinajstić information content (AvgIpc) is 2.52. The molecule has 1 heterocycles. The van der Waals surface area contributed by atoms with E-state index in [0.29, 0.717) is 13.2 Å². The molecule has 0 fully saturated rings. The lowest BCUT2D eigenvalue weighted by Crippen LogP contribution is -2.13. The first-order valence-corrected chi connectivity index (χ1v) is 5.80. The molecular formula is C13H18O3. The van der Waals surface area contributed by atoms with Crippen LogP contribution in [0.3, 0.4) is 0 Å². The Morgan fingerprint density at radius 3 is 3.12 bits per heavy atom. The van der Waals surface area contributed by atoms with Crippen LogP contribution < -0.4 is 0 Å². The molecule has 0 amide bonds. The van der Waals surface area contributed by atoms with Gasteiger partial charge in [-0.1, -0.05) is 24.3 Å². The highest BCUT2D eigenvalue weighted by atomic mass is 16.5. The number of rotatable bonds is 4. The van der Waals surface area contributed by atoms with Gasteiger partial charge in [0, 0.05) is 6.61 Å². The zero-order valence-corrected chi connectivity index (χ0v) is 9.39. The average molecular weight is 222 g/mol. The molecule has 88 valence electrons. The molecule has 1 aromatic rings. The van der Waals surface area contributed by atoms with Crippen molar-refractivity contribution in [2.24, 2.45) is 0 Å². The summed E-state index contributed by atoms with van der Waals surface area (Å²) in [6.07, 6.45) is 2.16. The molecular weight excluding hydrogens is 204 g/mol. The standard InChI is InChI=1S/C13H18O3/c14-7-9-15-10-13-12-6-2-1-4-11(12)5-3-8-16-13/h1-2,4,6,13-14H,3,5,7-10H2. The number of fused-ring (bicyclic) bond motifs is 1. The van der Waals surface area contributed by atoms with E-state index < -0.39 is 0 Å². The largest absolute Gasteiger partial charge is 0.394 e. The van der Waals surface area contributed by atoms with Gasteiger partial charge in [-0.05, 0) is 24.0 Å². The topological polar surface area (TPSA) is 38.7 Å². The highest BCUT2D eigenvalue weighted by Crippen LogP contribution is 2.26. The van der Waals surface area contributed by atoms with E-state index >= 15 is 0 Å². The second kappa shape index (κ2) is 5.99. The Morgan fingerprint density at radius 2 is 2.25 bits per heavy atom. The molecule has 1 atom stereocenters. The lowest BCUT2D eigenvalue weighted by Gasteiger charge is -2.17. The summed E-state index contributed by atoms with van der Waals surface area (Å²) in [7, 11) is 0. The first-order chi connectivity index (χ1) is 7.92. The van der Waals surface area contributed by atoms with Crippen LogP contribution in [0.15, 0.2) is 24.3 Å². The number of aliphatic hydroxyl groups is 1. The maximum absolute atomic E-state index is 8.68. The first kappa shape index (κ1) is 11.6. The molecule has 1 unspecified atom stereocenters. The quantitative estimate of drug-likeness (QED) is 0.788. The third kappa shape index (κ3) is 2.82. The summed E-state index contributed by atoms with van der Waals surface area (Å²) in [5.41, 5.74) is 2.59. The number of aliphatic hydroxyl groups excluding tert-OH is 1. The summed E-state index contributed by atoms with van der Waals surface area (Å²) < 4.78 is 11.1. The van der Waals surface area contributed by atoms with E-state index in [1.165, 1.54) is 11.1 Å². The first-order valence-electron chi connectivity index (χ1n) is 5.80. The van der Waals surface area contributed by atoms with Crippen molar-refractivity contribution in [3.05, 3.63) is 35.4 Å². The summed E-state index contributed by atoms with van der Waals surface area (Å²) in [6, 6.07) is 8.36. The van der Waals surface area contributed by atoms with E-state index in [-0.39, 0.29) is 12.7 Å². The molecule has 3 nitrogen and oxygen atoms in total. The summed E-state index contributed by atoms with van der Waals surface area (Å²) >= 11 is 0. The Bertz CT molecular complexity index is 325. The molecule has 0 aromatic heterocycles. The number of hydrogen-bond acceptors (Lipinski definition) is 3. The molecule has 1 aliphatic rings. The molecule has 1 aromatic carbocycles. The van der Waals surface area contributed by atoms with Gasteiger partial charge < -0.3 is 14.6 Å². The molecule has 16 heavy (non-hydrogen) atoms. The van der Waals surface area contributed by atoms with Crippen molar-refractivity contribution in [2.45, 2.75) is 18.9 Å².